The minimum Gasteiger partial charge on any atom is -0.393 e. The highest BCUT2D eigenvalue weighted by Crippen LogP contribution is 2.29. The van der Waals surface area contributed by atoms with E-state index in [0.717, 1.165) is 12.8 Å². The van der Waals surface area contributed by atoms with Gasteiger partial charge in [-0.15, -0.1) is 0 Å². The van der Waals surface area contributed by atoms with E-state index in [1.165, 1.54) is 17.8 Å². The lowest BCUT2D eigenvalue weighted by molar-refractivity contribution is 0.0928. The number of rotatable bonds is 6. The van der Waals surface area contributed by atoms with E-state index in [2.05, 4.69) is 15.6 Å². The number of carbonyl (C=O) groups is 1. The number of hydrogen-bond acceptors (Lipinski definition) is 6. The molecule has 0 radical (unpaired) electrons. The monoisotopic (exact) mass is 298 g/mol. The van der Waals surface area contributed by atoms with Crippen molar-refractivity contribution < 1.29 is 9.90 Å². The molecule has 1 fully saturated rings. The topological polar surface area (TPSA) is 100 Å². The van der Waals surface area contributed by atoms with Crippen LogP contribution < -0.4 is 16.4 Å². The largest absolute Gasteiger partial charge is 0.393 e. The van der Waals surface area contributed by atoms with Crippen LogP contribution >= 0.6 is 11.3 Å². The molecule has 20 heavy (non-hydrogen) atoms. The molecule has 0 aliphatic heterocycles. The summed E-state index contributed by atoms with van der Waals surface area (Å²) < 4.78 is 0. The number of nitrogens with two attached hydrogens (primary N) is 1. The maximum absolute atomic E-state index is 12.1. The first kappa shape index (κ1) is 15.1. The standard InChI is InChI=1S/C13H22N4O2S/c1-7(6-8(2)18)15-12(19)10-11(14)17-13(20-10)16-9-4-3-5-9/h7-9,18H,3-6,14H2,1-2H3,(H,15,19)(H,16,17). The number of nitrogen functional groups attached to an aromatic ring is 1. The number of thiazole rings is 1. The minimum absolute atomic E-state index is 0.105. The van der Waals surface area contributed by atoms with Crippen molar-refractivity contribution in [1.29, 1.82) is 0 Å². The van der Waals surface area contributed by atoms with Gasteiger partial charge in [-0.3, -0.25) is 4.79 Å². The zero-order valence-electron chi connectivity index (χ0n) is 11.8. The highest BCUT2D eigenvalue weighted by molar-refractivity contribution is 7.18. The lowest BCUT2D eigenvalue weighted by Gasteiger charge is -2.25. The van der Waals surface area contributed by atoms with Gasteiger partial charge in [-0.1, -0.05) is 11.3 Å². The lowest BCUT2D eigenvalue weighted by Crippen LogP contribution is -2.34. The predicted molar refractivity (Wildman–Crippen MR) is 81.0 cm³/mol. The van der Waals surface area contributed by atoms with Crippen LogP contribution in [0, 0.1) is 0 Å². The molecule has 5 N–H and O–H groups in total. The third-order valence-corrected chi connectivity index (χ3v) is 4.37. The second kappa shape index (κ2) is 6.41. The fraction of sp³-hybridized carbons (Fsp3) is 0.692. The number of aromatic nitrogens is 1. The average molecular weight is 298 g/mol. The maximum atomic E-state index is 12.1. The highest BCUT2D eigenvalue weighted by Gasteiger charge is 2.22. The molecule has 0 spiro atoms. The van der Waals surface area contributed by atoms with E-state index in [-0.39, 0.29) is 17.8 Å². The van der Waals surface area contributed by atoms with Gasteiger partial charge in [0.05, 0.1) is 6.10 Å². The molecule has 1 aromatic heterocycles. The molecule has 2 atom stereocenters. The van der Waals surface area contributed by atoms with Gasteiger partial charge >= 0.3 is 0 Å². The molecule has 1 aliphatic rings. The van der Waals surface area contributed by atoms with E-state index < -0.39 is 6.10 Å². The molecular formula is C13H22N4O2S. The summed E-state index contributed by atoms with van der Waals surface area (Å²) in [6.45, 7) is 3.56. The van der Waals surface area contributed by atoms with Crippen LogP contribution in [0.25, 0.3) is 0 Å². The van der Waals surface area contributed by atoms with Crippen LogP contribution in [0.2, 0.25) is 0 Å². The van der Waals surface area contributed by atoms with Gasteiger partial charge < -0.3 is 21.5 Å². The Morgan fingerprint density at radius 3 is 2.80 bits per heavy atom. The molecule has 112 valence electrons. The van der Waals surface area contributed by atoms with Gasteiger partial charge in [-0.2, -0.15) is 0 Å². The van der Waals surface area contributed by atoms with E-state index >= 15 is 0 Å². The molecule has 6 nitrogen and oxygen atoms in total. The summed E-state index contributed by atoms with van der Waals surface area (Å²) in [5.74, 6) is 0.0355. The Morgan fingerprint density at radius 1 is 1.55 bits per heavy atom. The summed E-state index contributed by atoms with van der Waals surface area (Å²) in [5.41, 5.74) is 5.80. The van der Waals surface area contributed by atoms with E-state index in [0.29, 0.717) is 22.5 Å². The first-order valence-electron chi connectivity index (χ1n) is 6.97. The molecule has 1 heterocycles. The number of amides is 1. The number of carbonyl (C=O) groups excluding carboxylic acids is 1. The third-order valence-electron chi connectivity index (χ3n) is 3.36. The van der Waals surface area contributed by atoms with Gasteiger partial charge in [0, 0.05) is 12.1 Å². The van der Waals surface area contributed by atoms with Gasteiger partial charge in [0.15, 0.2) is 5.13 Å². The first-order chi connectivity index (χ1) is 9.45. The van der Waals surface area contributed by atoms with Crippen LogP contribution in [0.3, 0.4) is 0 Å². The quantitative estimate of drug-likeness (QED) is 0.639. The maximum Gasteiger partial charge on any atom is 0.265 e. The number of anilines is 2. The van der Waals surface area contributed by atoms with Crippen molar-refractivity contribution in [3.8, 4) is 0 Å². The summed E-state index contributed by atoms with van der Waals surface area (Å²) in [5, 5.41) is 16.1. The average Bonchev–Trinajstić information content (AvgIpc) is 2.64. The molecule has 1 amide bonds. The van der Waals surface area contributed by atoms with Crippen LogP contribution in [0.5, 0.6) is 0 Å². The van der Waals surface area contributed by atoms with Crippen molar-refractivity contribution in [2.75, 3.05) is 11.1 Å². The number of nitrogens with zero attached hydrogens (tertiary/aromatic N) is 1. The van der Waals surface area contributed by atoms with Crippen LogP contribution in [0.4, 0.5) is 10.9 Å². The van der Waals surface area contributed by atoms with Crippen molar-refractivity contribution in [3.05, 3.63) is 4.88 Å². The number of hydrogen-bond donors (Lipinski definition) is 4. The fourth-order valence-corrected chi connectivity index (χ4v) is 3.01. The molecule has 0 saturated heterocycles. The lowest BCUT2D eigenvalue weighted by atomic mass is 9.93. The van der Waals surface area contributed by atoms with Gasteiger partial charge in [-0.25, -0.2) is 4.98 Å². The molecule has 0 aromatic carbocycles. The van der Waals surface area contributed by atoms with E-state index in [1.807, 2.05) is 6.92 Å². The number of aliphatic hydroxyl groups excluding tert-OH is 1. The Bertz CT molecular complexity index is 471. The zero-order valence-corrected chi connectivity index (χ0v) is 12.7. The minimum atomic E-state index is -0.444. The van der Waals surface area contributed by atoms with Gasteiger partial charge in [0.25, 0.3) is 5.91 Å². The van der Waals surface area contributed by atoms with E-state index in [9.17, 15) is 9.90 Å². The summed E-state index contributed by atoms with van der Waals surface area (Å²) in [6.07, 6.45) is 3.60. The Balaban J connectivity index is 1.94. The number of nitrogens with one attached hydrogen (secondary N) is 2. The predicted octanol–water partition coefficient (Wildman–Crippen LogP) is 1.58. The molecule has 7 heteroatoms. The highest BCUT2D eigenvalue weighted by atomic mass is 32.1. The van der Waals surface area contributed by atoms with Crippen molar-refractivity contribution in [1.82, 2.24) is 10.3 Å². The summed E-state index contributed by atoms with van der Waals surface area (Å²) in [7, 11) is 0. The Hall–Kier alpha value is -1.34. The summed E-state index contributed by atoms with van der Waals surface area (Å²) >= 11 is 1.28. The van der Waals surface area contributed by atoms with Crippen molar-refractivity contribution in [2.45, 2.75) is 57.7 Å². The Morgan fingerprint density at radius 2 is 2.25 bits per heavy atom. The SMILES string of the molecule is CC(O)CC(C)NC(=O)c1sc(NC2CCC2)nc1N. The second-order valence-electron chi connectivity index (χ2n) is 5.46. The van der Waals surface area contributed by atoms with Crippen LogP contribution in [0.1, 0.15) is 49.2 Å². The zero-order chi connectivity index (χ0) is 14.7. The van der Waals surface area contributed by atoms with Crippen molar-refractivity contribution in [2.24, 2.45) is 0 Å². The molecule has 1 aromatic rings. The van der Waals surface area contributed by atoms with Crippen molar-refractivity contribution in [3.63, 3.8) is 0 Å². The summed E-state index contributed by atoms with van der Waals surface area (Å²) in [6, 6.07) is 0.359. The smallest absolute Gasteiger partial charge is 0.265 e. The van der Waals surface area contributed by atoms with E-state index in [4.69, 9.17) is 5.73 Å². The first-order valence-corrected chi connectivity index (χ1v) is 7.79. The second-order valence-corrected chi connectivity index (χ2v) is 6.46. The fourth-order valence-electron chi connectivity index (χ4n) is 2.14. The Kier molecular flexibility index (Phi) is 4.82. The Labute approximate surface area is 122 Å². The third kappa shape index (κ3) is 3.83. The summed E-state index contributed by atoms with van der Waals surface area (Å²) in [4.78, 5) is 16.7. The van der Waals surface area contributed by atoms with Crippen LogP contribution in [-0.2, 0) is 0 Å². The molecule has 2 unspecified atom stereocenters. The molecule has 2 rings (SSSR count). The van der Waals surface area contributed by atoms with Crippen LogP contribution in [-0.4, -0.2) is 34.2 Å². The molecule has 0 bridgehead atoms. The normalized spacial score (nSPS) is 18.1. The molecular weight excluding hydrogens is 276 g/mol. The molecule has 1 aliphatic carbocycles. The number of aliphatic hydroxyl groups is 1. The van der Waals surface area contributed by atoms with Gasteiger partial charge in [-0.05, 0) is 39.5 Å². The van der Waals surface area contributed by atoms with Gasteiger partial charge in [0.1, 0.15) is 10.7 Å². The van der Waals surface area contributed by atoms with Crippen molar-refractivity contribution >= 4 is 28.2 Å². The van der Waals surface area contributed by atoms with Gasteiger partial charge in [0.2, 0.25) is 0 Å². The van der Waals surface area contributed by atoms with Crippen LogP contribution in [0.15, 0.2) is 0 Å². The van der Waals surface area contributed by atoms with E-state index in [1.54, 1.807) is 6.92 Å². The molecule has 1 saturated carbocycles.